The Morgan fingerprint density at radius 1 is 1.06 bits per heavy atom. The van der Waals surface area contributed by atoms with E-state index in [1.165, 1.54) is 21.9 Å². The standard InChI is InChI=1S/C13H8N2S/c1-2-4-10-8(3-1)9-5-6-14-13-12(9)11(15-10)7-16-13/h1-6H,7H2. The highest BCUT2D eigenvalue weighted by Crippen LogP contribution is 2.40. The number of para-hydroxylation sites is 1. The Labute approximate surface area is 96.7 Å². The number of pyridine rings is 2. The molecule has 0 N–H and O–H groups in total. The van der Waals surface area contributed by atoms with Gasteiger partial charge in [-0.15, -0.1) is 0 Å². The number of benzene rings is 1. The van der Waals surface area contributed by atoms with Crippen molar-refractivity contribution in [2.24, 2.45) is 0 Å². The fraction of sp³-hybridized carbons (Fsp3) is 0.0769. The maximum atomic E-state index is 4.71. The Kier molecular flexibility index (Phi) is 1.57. The highest BCUT2D eigenvalue weighted by molar-refractivity contribution is 7.99. The summed E-state index contributed by atoms with van der Waals surface area (Å²) in [4.78, 5) is 9.12. The van der Waals surface area contributed by atoms with Crippen LogP contribution >= 0.6 is 11.8 Å². The van der Waals surface area contributed by atoms with E-state index in [4.69, 9.17) is 4.98 Å². The van der Waals surface area contributed by atoms with E-state index < -0.39 is 0 Å². The number of fused-ring (bicyclic) bond motifs is 2. The van der Waals surface area contributed by atoms with Crippen LogP contribution < -0.4 is 0 Å². The fourth-order valence-electron chi connectivity index (χ4n) is 2.30. The molecule has 0 saturated carbocycles. The predicted molar refractivity (Wildman–Crippen MR) is 66.6 cm³/mol. The molecule has 0 radical (unpaired) electrons. The average Bonchev–Trinajstić information content (AvgIpc) is 2.75. The Hall–Kier alpha value is -1.61. The smallest absolute Gasteiger partial charge is 0.106 e. The van der Waals surface area contributed by atoms with Crippen LogP contribution in [0.1, 0.15) is 5.69 Å². The van der Waals surface area contributed by atoms with Crippen LogP contribution in [0.3, 0.4) is 0 Å². The topological polar surface area (TPSA) is 25.8 Å². The molecule has 16 heavy (non-hydrogen) atoms. The minimum absolute atomic E-state index is 0.952. The van der Waals surface area contributed by atoms with Gasteiger partial charge in [0.25, 0.3) is 0 Å². The Morgan fingerprint density at radius 2 is 2.00 bits per heavy atom. The van der Waals surface area contributed by atoms with Crippen molar-refractivity contribution >= 4 is 33.4 Å². The van der Waals surface area contributed by atoms with E-state index in [0.29, 0.717) is 0 Å². The fourth-order valence-corrected chi connectivity index (χ4v) is 3.29. The summed E-state index contributed by atoms with van der Waals surface area (Å²) < 4.78 is 0. The third-order valence-corrected chi connectivity index (χ3v) is 4.00. The lowest BCUT2D eigenvalue weighted by molar-refractivity contribution is 1.18. The van der Waals surface area contributed by atoms with Gasteiger partial charge in [0, 0.05) is 22.7 Å². The number of nitrogens with zero attached hydrogens (tertiary/aromatic N) is 2. The van der Waals surface area contributed by atoms with Gasteiger partial charge in [0.05, 0.1) is 11.2 Å². The maximum absolute atomic E-state index is 4.71. The van der Waals surface area contributed by atoms with E-state index in [2.05, 4.69) is 29.2 Å². The summed E-state index contributed by atoms with van der Waals surface area (Å²) in [7, 11) is 0. The first-order chi connectivity index (χ1) is 7.93. The van der Waals surface area contributed by atoms with Crippen molar-refractivity contribution in [2.45, 2.75) is 10.8 Å². The van der Waals surface area contributed by atoms with Gasteiger partial charge in [-0.05, 0) is 17.5 Å². The van der Waals surface area contributed by atoms with Crippen molar-refractivity contribution in [3.63, 3.8) is 0 Å². The van der Waals surface area contributed by atoms with Crippen LogP contribution in [0.25, 0.3) is 21.7 Å². The monoisotopic (exact) mass is 224 g/mol. The maximum Gasteiger partial charge on any atom is 0.106 e. The van der Waals surface area contributed by atoms with Gasteiger partial charge in [-0.25, -0.2) is 4.98 Å². The molecule has 1 aliphatic rings. The molecule has 0 aliphatic carbocycles. The van der Waals surface area contributed by atoms with E-state index in [9.17, 15) is 0 Å². The summed E-state index contributed by atoms with van der Waals surface area (Å²) in [5.41, 5.74) is 2.27. The highest BCUT2D eigenvalue weighted by Gasteiger charge is 2.18. The molecule has 4 rings (SSSR count). The molecule has 0 bridgehead atoms. The van der Waals surface area contributed by atoms with Gasteiger partial charge in [-0.2, -0.15) is 0 Å². The van der Waals surface area contributed by atoms with Crippen molar-refractivity contribution in [1.29, 1.82) is 0 Å². The lowest BCUT2D eigenvalue weighted by Crippen LogP contribution is -1.88. The van der Waals surface area contributed by atoms with Crippen molar-refractivity contribution in [3.8, 4) is 0 Å². The lowest BCUT2D eigenvalue weighted by atomic mass is 10.1. The predicted octanol–water partition coefficient (Wildman–Crippen LogP) is 3.39. The van der Waals surface area contributed by atoms with E-state index in [1.807, 2.05) is 12.3 Å². The van der Waals surface area contributed by atoms with Crippen LogP contribution in [-0.4, -0.2) is 9.97 Å². The van der Waals surface area contributed by atoms with E-state index >= 15 is 0 Å². The summed E-state index contributed by atoms with van der Waals surface area (Å²) in [5.74, 6) is 0.952. The highest BCUT2D eigenvalue weighted by atomic mass is 32.2. The summed E-state index contributed by atoms with van der Waals surface area (Å²) in [6.07, 6.45) is 1.90. The molecule has 3 aromatic rings. The Morgan fingerprint density at radius 3 is 3.00 bits per heavy atom. The average molecular weight is 224 g/mol. The summed E-state index contributed by atoms with van der Waals surface area (Å²) in [6.45, 7) is 0. The van der Waals surface area contributed by atoms with Gasteiger partial charge >= 0.3 is 0 Å². The zero-order valence-corrected chi connectivity index (χ0v) is 9.29. The van der Waals surface area contributed by atoms with Gasteiger partial charge in [0.15, 0.2) is 0 Å². The first kappa shape index (κ1) is 8.53. The number of thioether (sulfide) groups is 1. The summed E-state index contributed by atoms with van der Waals surface area (Å²) in [6, 6.07) is 10.4. The molecule has 0 amide bonds. The van der Waals surface area contributed by atoms with Crippen LogP contribution in [0.4, 0.5) is 0 Å². The minimum Gasteiger partial charge on any atom is -0.251 e. The van der Waals surface area contributed by atoms with Crippen molar-refractivity contribution in [3.05, 3.63) is 42.2 Å². The van der Waals surface area contributed by atoms with Crippen LogP contribution in [0, 0.1) is 0 Å². The first-order valence-corrected chi connectivity index (χ1v) is 6.21. The zero-order valence-electron chi connectivity index (χ0n) is 8.47. The second-order valence-corrected chi connectivity index (χ2v) is 4.87. The van der Waals surface area contributed by atoms with Gasteiger partial charge in [-0.3, -0.25) is 4.98 Å². The Bertz CT molecular complexity index is 722. The molecule has 0 fully saturated rings. The zero-order chi connectivity index (χ0) is 10.5. The lowest BCUT2D eigenvalue weighted by Gasteiger charge is -2.04. The summed E-state index contributed by atoms with van der Waals surface area (Å²) in [5, 5.41) is 4.90. The number of hydrogen-bond acceptors (Lipinski definition) is 3. The van der Waals surface area contributed by atoms with Gasteiger partial charge in [-0.1, -0.05) is 30.0 Å². The van der Waals surface area contributed by atoms with Crippen molar-refractivity contribution in [2.75, 3.05) is 0 Å². The molecule has 2 aromatic heterocycles. The third-order valence-electron chi connectivity index (χ3n) is 3.00. The van der Waals surface area contributed by atoms with Crippen LogP contribution in [0.15, 0.2) is 41.6 Å². The molecule has 76 valence electrons. The molecule has 3 heteroatoms. The van der Waals surface area contributed by atoms with Crippen LogP contribution in [0.5, 0.6) is 0 Å². The van der Waals surface area contributed by atoms with E-state index in [0.717, 1.165) is 16.3 Å². The molecule has 2 nitrogen and oxygen atoms in total. The minimum atomic E-state index is 0.952. The van der Waals surface area contributed by atoms with Crippen LogP contribution in [0.2, 0.25) is 0 Å². The number of rotatable bonds is 0. The molecule has 0 atom stereocenters. The molecular weight excluding hydrogens is 216 g/mol. The SMILES string of the molecule is c1ccc2c(c1)nc1c3c(nccc32)SC1. The van der Waals surface area contributed by atoms with Gasteiger partial charge < -0.3 is 0 Å². The summed E-state index contributed by atoms with van der Waals surface area (Å²) >= 11 is 1.78. The molecule has 0 saturated heterocycles. The molecule has 1 aromatic carbocycles. The molecule has 0 spiro atoms. The quantitative estimate of drug-likeness (QED) is 0.547. The van der Waals surface area contributed by atoms with Crippen molar-refractivity contribution < 1.29 is 0 Å². The number of aromatic nitrogens is 2. The van der Waals surface area contributed by atoms with Gasteiger partial charge in [0.2, 0.25) is 0 Å². The number of hydrogen-bond donors (Lipinski definition) is 0. The van der Waals surface area contributed by atoms with Gasteiger partial charge in [0.1, 0.15) is 5.03 Å². The van der Waals surface area contributed by atoms with Crippen LogP contribution in [-0.2, 0) is 5.75 Å². The first-order valence-electron chi connectivity index (χ1n) is 5.22. The van der Waals surface area contributed by atoms with Crippen molar-refractivity contribution in [1.82, 2.24) is 9.97 Å². The Balaban J connectivity index is 2.36. The molecule has 1 aliphatic heterocycles. The third kappa shape index (κ3) is 0.985. The van der Waals surface area contributed by atoms with E-state index in [1.54, 1.807) is 11.8 Å². The van der Waals surface area contributed by atoms with E-state index in [-0.39, 0.29) is 0 Å². The largest absolute Gasteiger partial charge is 0.251 e. The second kappa shape index (κ2) is 2.95. The normalized spacial score (nSPS) is 13.8. The molecular formula is C13H8N2S. The molecule has 0 unspecified atom stereocenters. The second-order valence-electron chi connectivity index (χ2n) is 3.90. The molecule has 3 heterocycles.